The lowest BCUT2D eigenvalue weighted by Gasteiger charge is -2.36. The van der Waals surface area contributed by atoms with Gasteiger partial charge in [0.2, 0.25) is 17.7 Å². The van der Waals surface area contributed by atoms with Gasteiger partial charge >= 0.3 is 0 Å². The standard InChI is InChI=1S/C32H42N4O5S/c1-6-35(7-2)23-13-9-21(10-14-23)34-29(39)27-32-18-17-31(5,42-32)25(26(32)30(40)36(27)20(4)19-37)28(38)33-22-11-15-24(16-12-22)41-8-3/h9-16,20,25-27,37H,6-8,17-19H2,1-5H3,(H,33,38)(H,34,39)/t20-,25-,26+,27?,31+,32?/m1/s1. The van der Waals surface area contributed by atoms with Gasteiger partial charge < -0.3 is 30.3 Å². The summed E-state index contributed by atoms with van der Waals surface area (Å²) in [5, 5.41) is 16.2. The summed E-state index contributed by atoms with van der Waals surface area (Å²) < 4.78 is 4.26. The van der Waals surface area contributed by atoms with Crippen LogP contribution < -0.4 is 20.3 Å². The first kappa shape index (κ1) is 30.2. The molecule has 2 aromatic rings. The number of carbonyl (C=O) groups excluding carboxylic acids is 3. The molecular weight excluding hydrogens is 552 g/mol. The van der Waals surface area contributed by atoms with Crippen LogP contribution in [-0.2, 0) is 14.4 Å². The fourth-order valence-corrected chi connectivity index (χ4v) is 9.55. The number of carbonyl (C=O) groups is 3. The second-order valence-electron chi connectivity index (χ2n) is 11.7. The molecule has 0 aromatic heterocycles. The molecule has 2 aromatic carbocycles. The van der Waals surface area contributed by atoms with Crippen molar-refractivity contribution in [3.8, 4) is 5.75 Å². The van der Waals surface area contributed by atoms with E-state index in [4.69, 9.17) is 4.74 Å². The van der Waals surface area contributed by atoms with Crippen molar-refractivity contribution in [1.82, 2.24) is 4.90 Å². The van der Waals surface area contributed by atoms with Gasteiger partial charge in [0.15, 0.2) is 0 Å². The Kier molecular flexibility index (Phi) is 8.49. The number of hydrogen-bond acceptors (Lipinski definition) is 7. The second-order valence-corrected chi connectivity index (χ2v) is 13.6. The maximum absolute atomic E-state index is 14.2. The van der Waals surface area contributed by atoms with Crippen molar-refractivity contribution in [3.05, 3.63) is 48.5 Å². The van der Waals surface area contributed by atoms with E-state index in [9.17, 15) is 19.5 Å². The van der Waals surface area contributed by atoms with E-state index < -0.39 is 33.4 Å². The molecule has 3 N–H and O–H groups in total. The highest BCUT2D eigenvalue weighted by molar-refractivity contribution is 8.02. The van der Waals surface area contributed by atoms with E-state index in [1.165, 1.54) is 0 Å². The molecule has 9 nitrogen and oxygen atoms in total. The number of aliphatic hydroxyl groups is 1. The van der Waals surface area contributed by atoms with Gasteiger partial charge in [-0.25, -0.2) is 0 Å². The number of hydrogen-bond donors (Lipinski definition) is 3. The van der Waals surface area contributed by atoms with Crippen LogP contribution >= 0.6 is 11.8 Å². The lowest BCUT2D eigenvalue weighted by molar-refractivity contribution is -0.141. The van der Waals surface area contributed by atoms with Crippen LogP contribution in [0.2, 0.25) is 0 Å². The predicted molar refractivity (Wildman–Crippen MR) is 167 cm³/mol. The van der Waals surface area contributed by atoms with Crippen molar-refractivity contribution in [2.24, 2.45) is 11.8 Å². The average Bonchev–Trinajstić information content (AvgIpc) is 3.56. The molecule has 3 aliphatic rings. The van der Waals surface area contributed by atoms with Gasteiger partial charge in [-0.1, -0.05) is 0 Å². The summed E-state index contributed by atoms with van der Waals surface area (Å²) >= 11 is 1.61. The van der Waals surface area contributed by atoms with E-state index in [-0.39, 0.29) is 24.3 Å². The molecule has 2 bridgehead atoms. The number of anilines is 3. The molecule has 10 heteroatoms. The lowest BCUT2D eigenvalue weighted by Crippen LogP contribution is -2.54. The minimum atomic E-state index is -0.810. The van der Waals surface area contributed by atoms with Crippen LogP contribution in [0.4, 0.5) is 17.1 Å². The third-order valence-corrected chi connectivity index (χ3v) is 11.2. The van der Waals surface area contributed by atoms with E-state index in [0.29, 0.717) is 36.6 Å². The molecule has 3 amide bonds. The van der Waals surface area contributed by atoms with Gasteiger partial charge in [0, 0.05) is 34.9 Å². The summed E-state index contributed by atoms with van der Waals surface area (Å²) in [6, 6.07) is 13.5. The van der Waals surface area contributed by atoms with Crippen LogP contribution in [0.15, 0.2) is 48.5 Å². The number of ether oxygens (including phenoxy) is 1. The Labute approximate surface area is 252 Å². The number of benzene rings is 2. The van der Waals surface area contributed by atoms with Crippen molar-refractivity contribution in [1.29, 1.82) is 0 Å². The van der Waals surface area contributed by atoms with Gasteiger partial charge in [0.05, 0.1) is 35.8 Å². The number of thioether (sulfide) groups is 1. The molecule has 0 saturated carbocycles. The maximum atomic E-state index is 14.2. The summed E-state index contributed by atoms with van der Waals surface area (Å²) in [5.74, 6) is -1.32. The number of nitrogens with one attached hydrogen (secondary N) is 2. The summed E-state index contributed by atoms with van der Waals surface area (Å²) in [4.78, 5) is 45.9. The Morgan fingerprint density at radius 1 is 1.02 bits per heavy atom. The molecule has 3 heterocycles. The van der Waals surface area contributed by atoms with E-state index >= 15 is 0 Å². The Balaban J connectivity index is 1.43. The lowest BCUT2D eigenvalue weighted by atomic mass is 9.66. The average molecular weight is 595 g/mol. The van der Waals surface area contributed by atoms with Crippen molar-refractivity contribution in [2.75, 3.05) is 41.8 Å². The van der Waals surface area contributed by atoms with E-state index in [1.54, 1.807) is 47.9 Å². The first-order valence-corrected chi connectivity index (χ1v) is 15.8. The van der Waals surface area contributed by atoms with Crippen LogP contribution in [0.1, 0.15) is 47.5 Å². The van der Waals surface area contributed by atoms with Crippen LogP contribution in [0.3, 0.4) is 0 Å². The van der Waals surface area contributed by atoms with Crippen molar-refractivity contribution in [3.63, 3.8) is 0 Å². The quantitative estimate of drug-likeness (QED) is 0.354. The predicted octanol–water partition coefficient (Wildman–Crippen LogP) is 4.37. The number of amides is 3. The van der Waals surface area contributed by atoms with E-state index in [0.717, 1.165) is 18.8 Å². The number of fused-ring (bicyclic) bond motifs is 1. The van der Waals surface area contributed by atoms with Gasteiger partial charge in [-0.2, -0.15) is 0 Å². The van der Waals surface area contributed by atoms with Crippen LogP contribution in [-0.4, -0.2) is 75.6 Å². The molecule has 0 aliphatic carbocycles. The van der Waals surface area contributed by atoms with Crippen LogP contribution in [0.5, 0.6) is 5.75 Å². The van der Waals surface area contributed by atoms with Crippen LogP contribution in [0, 0.1) is 11.8 Å². The first-order chi connectivity index (χ1) is 20.1. The van der Waals surface area contributed by atoms with Crippen LogP contribution in [0.25, 0.3) is 0 Å². The van der Waals surface area contributed by atoms with Crippen molar-refractivity contribution >= 4 is 46.5 Å². The monoisotopic (exact) mass is 594 g/mol. The molecule has 3 fully saturated rings. The molecule has 0 radical (unpaired) electrons. The topological polar surface area (TPSA) is 111 Å². The molecule has 2 unspecified atom stereocenters. The third-order valence-electron chi connectivity index (χ3n) is 9.18. The largest absolute Gasteiger partial charge is 0.494 e. The SMILES string of the molecule is CCOc1ccc(NC(=O)[C@H]2[C@H]3C(=O)N([C@H](C)CO)C(C(=O)Nc4ccc(N(CC)CC)cc4)C34CC[C@]2(C)S4)cc1. The Morgan fingerprint density at radius 3 is 2.19 bits per heavy atom. The Bertz CT molecular complexity index is 1320. The normalized spacial score (nSPS) is 28.4. The fraction of sp³-hybridized carbons (Fsp3) is 0.531. The Hall–Kier alpha value is -3.24. The first-order valence-electron chi connectivity index (χ1n) is 14.9. The second kappa shape index (κ2) is 11.8. The van der Waals surface area contributed by atoms with Gasteiger partial charge in [0.1, 0.15) is 11.8 Å². The van der Waals surface area contributed by atoms with Gasteiger partial charge in [-0.15, -0.1) is 11.8 Å². The fourth-order valence-electron chi connectivity index (χ4n) is 7.20. The molecular formula is C32H42N4O5S. The molecule has 5 rings (SSSR count). The van der Waals surface area contributed by atoms with E-state index in [2.05, 4.69) is 29.4 Å². The number of aliphatic hydroxyl groups excluding tert-OH is 1. The third kappa shape index (κ3) is 5.02. The highest BCUT2D eigenvalue weighted by Gasteiger charge is 2.77. The summed E-state index contributed by atoms with van der Waals surface area (Å²) in [6.07, 6.45) is 1.36. The zero-order valence-electron chi connectivity index (χ0n) is 25.1. The summed E-state index contributed by atoms with van der Waals surface area (Å²) in [6.45, 7) is 11.9. The summed E-state index contributed by atoms with van der Waals surface area (Å²) in [5.41, 5.74) is 2.35. The molecule has 6 atom stereocenters. The van der Waals surface area contributed by atoms with Gasteiger partial charge in [-0.05, 0) is 96.0 Å². The molecule has 1 spiro atoms. The van der Waals surface area contributed by atoms with E-state index in [1.807, 2.05) is 38.1 Å². The van der Waals surface area contributed by atoms with Gasteiger partial charge in [-0.3, -0.25) is 14.4 Å². The van der Waals surface area contributed by atoms with Crippen molar-refractivity contribution < 1.29 is 24.2 Å². The zero-order chi connectivity index (χ0) is 30.2. The minimum absolute atomic E-state index is 0.223. The molecule has 3 saturated heterocycles. The number of likely N-dealkylation sites (tertiary alicyclic amines) is 1. The highest BCUT2D eigenvalue weighted by Crippen LogP contribution is 2.71. The van der Waals surface area contributed by atoms with Gasteiger partial charge in [0.25, 0.3) is 0 Å². The van der Waals surface area contributed by atoms with Crippen molar-refractivity contribution in [2.45, 2.75) is 69.0 Å². The molecule has 42 heavy (non-hydrogen) atoms. The number of rotatable bonds is 11. The zero-order valence-corrected chi connectivity index (χ0v) is 25.9. The Morgan fingerprint density at radius 2 is 1.62 bits per heavy atom. The highest BCUT2D eigenvalue weighted by atomic mass is 32.2. The minimum Gasteiger partial charge on any atom is -0.494 e. The molecule has 226 valence electrons. The number of nitrogens with zero attached hydrogens (tertiary/aromatic N) is 2. The maximum Gasteiger partial charge on any atom is 0.248 e. The smallest absolute Gasteiger partial charge is 0.248 e. The molecule has 3 aliphatic heterocycles. The summed E-state index contributed by atoms with van der Waals surface area (Å²) in [7, 11) is 0.